The first-order valence-corrected chi connectivity index (χ1v) is 29.7. The summed E-state index contributed by atoms with van der Waals surface area (Å²) in [5.41, 5.74) is 12.6. The largest absolute Gasteiger partial charge is 0.506 e. The van der Waals surface area contributed by atoms with E-state index in [1.54, 1.807) is 36.4 Å². The van der Waals surface area contributed by atoms with Crippen molar-refractivity contribution in [1.29, 1.82) is 0 Å². The van der Waals surface area contributed by atoms with Gasteiger partial charge in [-0.15, -0.1) is 20.5 Å². The van der Waals surface area contributed by atoms with E-state index in [-0.39, 0.29) is 80.6 Å². The fourth-order valence-corrected chi connectivity index (χ4v) is 10.2. The van der Waals surface area contributed by atoms with Gasteiger partial charge in [0, 0.05) is 57.6 Å². The number of nitrogen functional groups attached to an aromatic ring is 2. The summed E-state index contributed by atoms with van der Waals surface area (Å²) < 4.78 is 1.04. The topological polar surface area (TPSA) is 289 Å². The van der Waals surface area contributed by atoms with E-state index in [9.17, 15) is 45.8 Å². The second kappa shape index (κ2) is 38.0. The van der Waals surface area contributed by atoms with Crippen LogP contribution >= 0.6 is 0 Å². The SMILES string of the molecule is CCCCCCCCCCCCC(C)C[N+](C)(CC)CC(O)CCCCCCCCCCCC.Nc1cccc2ccc(O)c(N=Nc3ccc([N+](=O)[O-])cc3O)c12.Nc1cccc2ccc(O)c(N=Nc3ccc([N+](=O)[O-])cc3O)c12.[Cr]. The third-order valence-electron chi connectivity index (χ3n) is 15.0. The van der Waals surface area contributed by atoms with Crippen LogP contribution in [0.3, 0.4) is 0 Å². The molecule has 19 heteroatoms. The first kappa shape index (κ1) is 70.4. The van der Waals surface area contributed by atoms with E-state index < -0.39 is 9.85 Å². The van der Waals surface area contributed by atoms with Crippen LogP contribution in [0.1, 0.15) is 169 Å². The Bertz CT molecular complexity index is 2790. The number of likely N-dealkylation sites (N-methyl/N-ethyl adjacent to an activating group) is 1. The number of quaternary nitrogens is 1. The molecule has 0 bridgehead atoms. The minimum absolute atomic E-state index is 0. The summed E-state index contributed by atoms with van der Waals surface area (Å²) in [6, 6.07) is 23.7. The molecule has 18 nitrogen and oxygen atoms in total. The molecular formula is C64H92CrN9O9+. The number of nitro groups is 2. The molecule has 0 amide bonds. The van der Waals surface area contributed by atoms with Gasteiger partial charge in [0.05, 0.1) is 42.1 Å². The predicted molar refractivity (Wildman–Crippen MR) is 332 cm³/mol. The van der Waals surface area contributed by atoms with Crippen molar-refractivity contribution in [3.63, 3.8) is 0 Å². The van der Waals surface area contributed by atoms with Gasteiger partial charge in [-0.1, -0.05) is 186 Å². The maximum atomic E-state index is 10.7. The summed E-state index contributed by atoms with van der Waals surface area (Å²) >= 11 is 0. The molecule has 0 saturated carbocycles. The van der Waals surface area contributed by atoms with Crippen LogP contribution in [-0.4, -0.2) is 72.6 Å². The number of unbranched alkanes of at least 4 members (excludes halogenated alkanes) is 18. The first-order valence-electron chi connectivity index (χ1n) is 29.7. The number of hydrogen-bond donors (Lipinski definition) is 7. The number of aliphatic hydroxyl groups is 1. The molecule has 6 aromatic rings. The summed E-state index contributed by atoms with van der Waals surface area (Å²) in [4.78, 5) is 20.1. The Hall–Kier alpha value is -6.91. The van der Waals surface area contributed by atoms with Crippen LogP contribution in [0.4, 0.5) is 45.5 Å². The van der Waals surface area contributed by atoms with Crippen LogP contribution in [0.25, 0.3) is 21.5 Å². The maximum absolute atomic E-state index is 10.7. The van der Waals surface area contributed by atoms with Crippen LogP contribution < -0.4 is 11.5 Å². The van der Waals surface area contributed by atoms with Crippen molar-refractivity contribution in [2.45, 2.75) is 175 Å². The minimum Gasteiger partial charge on any atom is -0.506 e. The van der Waals surface area contributed by atoms with Crippen molar-refractivity contribution in [2.24, 2.45) is 26.4 Å². The normalized spacial score (nSPS) is 12.7. The zero-order chi connectivity index (χ0) is 59.9. The Kier molecular flexibility index (Phi) is 32.3. The summed E-state index contributed by atoms with van der Waals surface area (Å²) in [5.74, 6) is -0.249. The molecule has 0 aliphatic carbocycles. The van der Waals surface area contributed by atoms with Crippen molar-refractivity contribution in [1.82, 2.24) is 0 Å². The second-order valence-electron chi connectivity index (χ2n) is 22.0. The molecule has 0 aliphatic heterocycles. The number of aromatic hydroxyl groups is 4. The molecule has 0 fully saturated rings. The van der Waals surface area contributed by atoms with E-state index in [1.807, 2.05) is 12.1 Å². The van der Waals surface area contributed by atoms with Gasteiger partial charge in [-0.25, -0.2) is 0 Å². The summed E-state index contributed by atoms with van der Waals surface area (Å²) in [7, 11) is 2.37. The predicted octanol–water partition coefficient (Wildman–Crippen LogP) is 18.4. The Morgan fingerprint density at radius 1 is 0.494 bits per heavy atom. The van der Waals surface area contributed by atoms with E-state index in [0.29, 0.717) is 22.1 Å². The molecule has 0 saturated heterocycles. The number of nitrogens with zero attached hydrogens (tertiary/aromatic N) is 7. The number of phenols is 4. The van der Waals surface area contributed by atoms with Gasteiger partial charge in [0.15, 0.2) is 0 Å². The molecule has 452 valence electrons. The number of non-ortho nitro benzene ring substituents is 2. The molecule has 3 unspecified atom stereocenters. The number of phenolic OH excluding ortho intramolecular Hbond substituents is 4. The van der Waals surface area contributed by atoms with Gasteiger partial charge in [-0.05, 0) is 66.9 Å². The summed E-state index contributed by atoms with van der Waals surface area (Å²) in [5, 5.41) is 90.0. The van der Waals surface area contributed by atoms with Gasteiger partial charge >= 0.3 is 0 Å². The number of nitrogens with two attached hydrogens (primary N) is 2. The first-order chi connectivity index (χ1) is 39.4. The van der Waals surface area contributed by atoms with Crippen molar-refractivity contribution >= 4 is 67.0 Å². The van der Waals surface area contributed by atoms with E-state index in [4.69, 9.17) is 11.5 Å². The zero-order valence-electron chi connectivity index (χ0n) is 49.6. The van der Waals surface area contributed by atoms with Gasteiger partial charge in [-0.2, -0.15) is 0 Å². The molecule has 0 spiro atoms. The number of nitro benzene ring substituents is 2. The van der Waals surface area contributed by atoms with Crippen LogP contribution in [0.2, 0.25) is 0 Å². The van der Waals surface area contributed by atoms with Crippen molar-refractivity contribution in [3.05, 3.63) is 117 Å². The van der Waals surface area contributed by atoms with E-state index >= 15 is 0 Å². The average Bonchev–Trinajstić information content (AvgIpc) is 3.62. The van der Waals surface area contributed by atoms with Gasteiger partial charge in [-0.3, -0.25) is 20.2 Å². The Labute approximate surface area is 501 Å². The number of rotatable bonds is 33. The number of aliphatic hydroxyl groups excluding tert-OH is 1. The molecule has 3 atom stereocenters. The molecule has 6 aromatic carbocycles. The molecule has 0 aliphatic rings. The second-order valence-corrected chi connectivity index (χ2v) is 22.0. The Morgan fingerprint density at radius 2 is 0.867 bits per heavy atom. The van der Waals surface area contributed by atoms with Crippen LogP contribution in [0, 0.1) is 26.1 Å². The van der Waals surface area contributed by atoms with Gasteiger partial charge in [0.1, 0.15) is 58.4 Å². The smallest absolute Gasteiger partial charge is 0.273 e. The van der Waals surface area contributed by atoms with Gasteiger partial charge < -0.3 is 41.5 Å². The standard InChI is InChI=1S/C32H68NO.2C16H12N4O4.Cr/c1-6-9-11-13-15-17-19-21-23-25-27-31(4)29-33(5,8-3)30-32(34)28-26-24-22-20-18-16-14-12-10-7-2;2*17-11-3-1-2-9-4-7-13(21)16(15(9)11)19-18-12-6-5-10(20(23)24)8-14(12)22;/h31-32,34H,6-30H2,1-5H3;2*1-8,21-22H,17H2;/q+1;;;. The Balaban J connectivity index is 0.000000330. The Morgan fingerprint density at radius 3 is 1.23 bits per heavy atom. The molecule has 83 heavy (non-hydrogen) atoms. The molecule has 6 rings (SSSR count). The zero-order valence-corrected chi connectivity index (χ0v) is 50.9. The number of hydrogen-bond acceptors (Lipinski definition) is 15. The van der Waals surface area contributed by atoms with E-state index in [0.717, 1.165) is 52.8 Å². The summed E-state index contributed by atoms with van der Waals surface area (Å²) in [6.07, 6.45) is 30.2. The van der Waals surface area contributed by atoms with E-state index in [2.05, 4.69) is 55.2 Å². The van der Waals surface area contributed by atoms with Crippen LogP contribution in [-0.2, 0) is 17.4 Å². The molecular weight excluding hydrogens is 1090 g/mol. The van der Waals surface area contributed by atoms with E-state index in [1.165, 1.54) is 178 Å². The number of benzene rings is 6. The minimum atomic E-state index is -0.627. The van der Waals surface area contributed by atoms with Crippen LogP contribution in [0.5, 0.6) is 23.0 Å². The average molecular weight is 1180 g/mol. The molecule has 0 heterocycles. The number of anilines is 2. The van der Waals surface area contributed by atoms with Gasteiger partial charge in [0.2, 0.25) is 0 Å². The summed E-state index contributed by atoms with van der Waals surface area (Å²) in [6.45, 7) is 12.6. The monoisotopic (exact) mass is 1180 g/mol. The van der Waals surface area contributed by atoms with Gasteiger partial charge in [0.25, 0.3) is 11.4 Å². The van der Waals surface area contributed by atoms with Crippen molar-refractivity contribution in [2.75, 3.05) is 38.1 Å². The fraction of sp³-hybridized carbons (Fsp3) is 0.500. The van der Waals surface area contributed by atoms with Crippen molar-refractivity contribution < 1.29 is 57.2 Å². The van der Waals surface area contributed by atoms with Crippen LogP contribution in [0.15, 0.2) is 118 Å². The maximum Gasteiger partial charge on any atom is 0.273 e. The molecule has 9 N–H and O–H groups in total. The quantitative estimate of drug-likeness (QED) is 0.00508. The third-order valence-corrected chi connectivity index (χ3v) is 15.0. The molecule has 0 radical (unpaired) electrons. The van der Waals surface area contributed by atoms with Crippen molar-refractivity contribution in [3.8, 4) is 23.0 Å². The number of fused-ring (bicyclic) bond motifs is 2. The number of azo groups is 2. The third kappa shape index (κ3) is 24.5. The fourth-order valence-electron chi connectivity index (χ4n) is 10.2. The molecule has 0 aromatic heterocycles.